The molecule has 9 nitrogen and oxygen atoms in total. The van der Waals surface area contributed by atoms with E-state index < -0.39 is 47.0 Å². The Kier molecular flexibility index (Phi) is 5.71. The molecule has 0 bridgehead atoms. The van der Waals surface area contributed by atoms with Crippen LogP contribution < -0.4 is 15.8 Å². The second-order valence-electron chi connectivity index (χ2n) is 8.42. The van der Waals surface area contributed by atoms with Crippen LogP contribution >= 0.6 is 10.7 Å². The highest BCUT2D eigenvalue weighted by atomic mass is 32.3. The lowest BCUT2D eigenvalue weighted by Gasteiger charge is -2.55. The van der Waals surface area contributed by atoms with E-state index in [1.807, 2.05) is 6.07 Å². The van der Waals surface area contributed by atoms with Crippen molar-refractivity contribution in [2.45, 2.75) is 25.3 Å². The number of nitrogens with two attached hydrogens (primary N) is 1. The minimum Gasteiger partial charge on any atom is -0.369 e. The maximum atomic E-state index is 14.9. The number of halogens is 3. The van der Waals surface area contributed by atoms with E-state index >= 15 is 0 Å². The van der Waals surface area contributed by atoms with Gasteiger partial charge in [0.2, 0.25) is 5.96 Å². The number of pyridine rings is 1. The Labute approximate surface area is 195 Å². The summed E-state index contributed by atoms with van der Waals surface area (Å²) in [7, 11) is -3.01. The quantitative estimate of drug-likeness (QED) is 0.516. The van der Waals surface area contributed by atoms with Crippen molar-refractivity contribution in [1.29, 1.82) is 5.26 Å². The molecule has 5 N–H and O–H groups in total. The van der Waals surface area contributed by atoms with Gasteiger partial charge in [-0.1, -0.05) is 0 Å². The Morgan fingerprint density at radius 2 is 2.15 bits per heavy atom. The van der Waals surface area contributed by atoms with Gasteiger partial charge in [0, 0.05) is 28.1 Å². The fraction of sp³-hybridized carbons (Fsp3) is 0.333. The van der Waals surface area contributed by atoms with Crippen LogP contribution in [0.5, 0.6) is 0 Å². The average Bonchev–Trinajstić information content (AvgIpc) is 2.75. The van der Waals surface area contributed by atoms with Gasteiger partial charge in [-0.2, -0.15) is 5.26 Å². The molecular formula is C21H22F3N7O2S. The van der Waals surface area contributed by atoms with Gasteiger partial charge in [0.25, 0.3) is 11.8 Å². The first kappa shape index (κ1) is 23.8. The maximum Gasteiger partial charge on any atom is 0.279 e. The fourth-order valence-electron chi connectivity index (χ4n) is 3.99. The first-order valence-corrected chi connectivity index (χ1v) is 11.8. The number of carbonyl (C=O) groups excluding carboxylic acids is 1. The van der Waals surface area contributed by atoms with E-state index in [1.54, 1.807) is 6.92 Å². The number of aryl methyl sites for hydroxylation is 1. The summed E-state index contributed by atoms with van der Waals surface area (Å²) < 4.78 is 57.1. The number of hydrogen-bond donors (Lipinski definition) is 4. The van der Waals surface area contributed by atoms with Crippen LogP contribution in [-0.2, 0) is 5.54 Å². The molecule has 2 aliphatic rings. The number of nitriles is 1. The third-order valence-corrected chi connectivity index (χ3v) is 8.24. The standard InChI is InChI=1S/C21H22F3N7O2S/c1-12-5-13(7-25)8-27-17(12)18(32)29-14-3-4-16(22)15(6-14)20(2)11-34(33)28-9-21(23,24)10-31(34)19(26)30-20/h3-6,8,28,33H,9-11H2,1-2H3,(H2,26,30)(H,29,32)/t20-/m0/s1. The fourth-order valence-corrected chi connectivity index (χ4v) is 6.60. The lowest BCUT2D eigenvalue weighted by molar-refractivity contribution is -0.00933. The normalized spacial score (nSPS) is 27.6. The molecule has 4 rings (SSSR count). The Balaban J connectivity index is 1.65. The number of nitrogens with one attached hydrogen (secondary N) is 2. The zero-order valence-corrected chi connectivity index (χ0v) is 19.1. The molecule has 1 unspecified atom stereocenters. The molecule has 1 aromatic carbocycles. The maximum absolute atomic E-state index is 14.9. The van der Waals surface area contributed by atoms with E-state index in [0.29, 0.717) is 11.1 Å². The summed E-state index contributed by atoms with van der Waals surface area (Å²) in [6, 6.07) is 7.31. The Bertz CT molecular complexity index is 1250. The van der Waals surface area contributed by atoms with Gasteiger partial charge in [0.05, 0.1) is 24.4 Å². The first-order valence-electron chi connectivity index (χ1n) is 10.1. The molecule has 3 heterocycles. The molecule has 34 heavy (non-hydrogen) atoms. The number of fused-ring (bicyclic) bond motifs is 1. The molecule has 1 amide bonds. The number of alkyl halides is 2. The van der Waals surface area contributed by atoms with Crippen molar-refractivity contribution in [3.05, 3.63) is 58.7 Å². The number of nitrogens with zero attached hydrogens (tertiary/aromatic N) is 4. The summed E-state index contributed by atoms with van der Waals surface area (Å²) in [6.07, 6.45) is 1.27. The summed E-state index contributed by atoms with van der Waals surface area (Å²) in [5.41, 5.74) is 5.69. The summed E-state index contributed by atoms with van der Waals surface area (Å²) >= 11 is 0. The van der Waals surface area contributed by atoms with Gasteiger partial charge in [-0.05, 0) is 43.7 Å². The molecule has 0 aliphatic carbocycles. The number of anilines is 1. The van der Waals surface area contributed by atoms with Crippen molar-refractivity contribution >= 4 is 28.2 Å². The molecule has 0 spiro atoms. The van der Waals surface area contributed by atoms with Gasteiger partial charge >= 0.3 is 0 Å². The van der Waals surface area contributed by atoms with Crippen LogP contribution in [0.15, 0.2) is 35.5 Å². The van der Waals surface area contributed by atoms with Crippen LogP contribution in [0, 0.1) is 24.1 Å². The third-order valence-electron chi connectivity index (χ3n) is 5.63. The van der Waals surface area contributed by atoms with Gasteiger partial charge in [-0.3, -0.25) is 9.10 Å². The minimum absolute atomic E-state index is 0.0254. The van der Waals surface area contributed by atoms with E-state index in [9.17, 15) is 22.5 Å². The van der Waals surface area contributed by atoms with E-state index in [-0.39, 0.29) is 28.7 Å². The third kappa shape index (κ3) is 4.27. The first-order chi connectivity index (χ1) is 15.9. The number of rotatable bonds is 3. The largest absolute Gasteiger partial charge is 0.369 e. The molecule has 2 atom stereocenters. The number of amides is 1. The molecular weight excluding hydrogens is 471 g/mol. The van der Waals surface area contributed by atoms with Crippen LogP contribution in [0.3, 0.4) is 0 Å². The SMILES string of the molecule is Cc1cc(C#N)cnc1C(=O)Nc1ccc(F)c([C@]2(C)CS3(O)NCC(F)(F)CN3C(N)=N2)c1. The second kappa shape index (κ2) is 8.15. The molecule has 13 heteroatoms. The average molecular weight is 494 g/mol. The van der Waals surface area contributed by atoms with Crippen LogP contribution in [0.2, 0.25) is 0 Å². The molecule has 1 saturated heterocycles. The van der Waals surface area contributed by atoms with Gasteiger partial charge in [-0.15, -0.1) is 0 Å². The van der Waals surface area contributed by atoms with Gasteiger partial charge < -0.3 is 15.6 Å². The Hall–Kier alpha value is -3.34. The van der Waals surface area contributed by atoms with Gasteiger partial charge in [0.1, 0.15) is 23.1 Å². The van der Waals surface area contributed by atoms with E-state index in [4.69, 9.17) is 11.0 Å². The van der Waals surface area contributed by atoms with Crippen molar-refractivity contribution in [3.63, 3.8) is 0 Å². The van der Waals surface area contributed by atoms with Gasteiger partial charge in [0.15, 0.2) is 0 Å². The summed E-state index contributed by atoms with van der Waals surface area (Å²) in [5, 5.41) is 11.6. The number of guanidine groups is 1. The predicted molar refractivity (Wildman–Crippen MR) is 122 cm³/mol. The van der Waals surface area contributed by atoms with Crippen LogP contribution in [-0.4, -0.2) is 50.5 Å². The van der Waals surface area contributed by atoms with Crippen molar-refractivity contribution < 1.29 is 22.5 Å². The molecule has 2 aromatic rings. The minimum atomic E-state index is -3.11. The molecule has 1 fully saturated rings. The van der Waals surface area contributed by atoms with Crippen molar-refractivity contribution in [2.75, 3.05) is 24.2 Å². The summed E-state index contributed by atoms with van der Waals surface area (Å²) in [5.74, 6) is -4.86. The lowest BCUT2D eigenvalue weighted by atomic mass is 9.93. The molecule has 0 radical (unpaired) electrons. The summed E-state index contributed by atoms with van der Waals surface area (Å²) in [4.78, 5) is 21.0. The zero-order chi connectivity index (χ0) is 24.9. The predicted octanol–water partition coefficient (Wildman–Crippen LogP) is 2.84. The number of hydrogen-bond acceptors (Lipinski definition) is 8. The Morgan fingerprint density at radius 3 is 2.82 bits per heavy atom. The molecule has 0 saturated carbocycles. The van der Waals surface area contributed by atoms with E-state index in [1.165, 1.54) is 31.3 Å². The molecule has 180 valence electrons. The Morgan fingerprint density at radius 1 is 1.41 bits per heavy atom. The van der Waals surface area contributed by atoms with Gasteiger partial charge in [-0.25, -0.2) is 27.9 Å². The zero-order valence-electron chi connectivity index (χ0n) is 18.3. The van der Waals surface area contributed by atoms with Crippen molar-refractivity contribution in [2.24, 2.45) is 10.7 Å². The number of aromatic nitrogens is 1. The van der Waals surface area contributed by atoms with Crippen LogP contribution in [0.4, 0.5) is 18.9 Å². The van der Waals surface area contributed by atoms with Crippen LogP contribution in [0.1, 0.15) is 34.1 Å². The second-order valence-corrected chi connectivity index (χ2v) is 10.8. The highest BCUT2D eigenvalue weighted by Crippen LogP contribution is 2.55. The van der Waals surface area contributed by atoms with Crippen LogP contribution in [0.25, 0.3) is 0 Å². The highest BCUT2D eigenvalue weighted by Gasteiger charge is 2.52. The number of benzene rings is 1. The highest BCUT2D eigenvalue weighted by molar-refractivity contribution is 8.26. The van der Waals surface area contributed by atoms with Crippen molar-refractivity contribution in [3.8, 4) is 6.07 Å². The molecule has 1 aromatic heterocycles. The van der Waals surface area contributed by atoms with Crippen molar-refractivity contribution in [1.82, 2.24) is 14.0 Å². The van der Waals surface area contributed by atoms with E-state index in [2.05, 4.69) is 20.0 Å². The summed E-state index contributed by atoms with van der Waals surface area (Å²) in [6.45, 7) is 1.63. The van der Waals surface area contributed by atoms with E-state index in [0.717, 1.165) is 10.4 Å². The number of carbonyl (C=O) groups is 1. The lowest BCUT2D eigenvalue weighted by Crippen LogP contribution is -2.62. The smallest absolute Gasteiger partial charge is 0.279 e. The molecule has 2 aliphatic heterocycles. The monoisotopic (exact) mass is 493 g/mol. The number of aliphatic imine (C=N–C) groups is 1. The topological polar surface area (TPSA) is 140 Å².